The molecule has 1 heterocycles. The lowest BCUT2D eigenvalue weighted by molar-refractivity contribution is -0.133. The van der Waals surface area contributed by atoms with Gasteiger partial charge in [0, 0.05) is 18.0 Å². The molecular weight excluding hydrogens is 236 g/mol. The third kappa shape index (κ3) is 2.52. The fraction of sp³-hybridized carbons (Fsp3) is 0.562. The minimum Gasteiger partial charge on any atom is -0.329 e. The van der Waals surface area contributed by atoms with Gasteiger partial charge in [-0.05, 0) is 45.7 Å². The Bertz CT molecular complexity index is 502. The number of carbonyl (C=O) groups is 1. The van der Waals surface area contributed by atoms with E-state index >= 15 is 0 Å². The second-order valence-electron chi connectivity index (χ2n) is 6.61. The maximum Gasteiger partial charge on any atom is 0.225 e. The van der Waals surface area contributed by atoms with E-state index in [1.165, 1.54) is 16.7 Å². The molecule has 0 aliphatic carbocycles. The van der Waals surface area contributed by atoms with Crippen LogP contribution < -0.4 is 5.73 Å². The third-order valence-electron chi connectivity index (χ3n) is 3.84. The van der Waals surface area contributed by atoms with Crippen LogP contribution in [0.2, 0.25) is 0 Å². The molecule has 1 aliphatic rings. The maximum absolute atomic E-state index is 12.3. The predicted molar refractivity (Wildman–Crippen MR) is 77.8 cm³/mol. The first kappa shape index (κ1) is 14.1. The smallest absolute Gasteiger partial charge is 0.225 e. The van der Waals surface area contributed by atoms with Crippen molar-refractivity contribution < 1.29 is 4.79 Å². The highest BCUT2D eigenvalue weighted by Crippen LogP contribution is 2.38. The number of rotatable bonds is 1. The number of benzene rings is 1. The standard InChI is InChI=1S/C16H24N2O/c1-10-6-7-11(2)12(8-10)15-13(17)9-14(19)18(15)16(3,4)5/h6-8,13,15H,9,17H2,1-5H3. The molecule has 3 nitrogen and oxygen atoms in total. The Morgan fingerprint density at radius 3 is 2.47 bits per heavy atom. The van der Waals surface area contributed by atoms with Gasteiger partial charge in [-0.2, -0.15) is 0 Å². The van der Waals surface area contributed by atoms with E-state index in [1.807, 2.05) is 4.90 Å². The molecule has 1 amide bonds. The number of amides is 1. The zero-order chi connectivity index (χ0) is 14.4. The highest BCUT2D eigenvalue weighted by atomic mass is 16.2. The molecule has 0 saturated carbocycles. The lowest BCUT2D eigenvalue weighted by atomic mass is 9.92. The van der Waals surface area contributed by atoms with Gasteiger partial charge in [-0.25, -0.2) is 0 Å². The summed E-state index contributed by atoms with van der Waals surface area (Å²) in [6.07, 6.45) is 0.440. The highest BCUT2D eigenvalue weighted by molar-refractivity contribution is 5.81. The van der Waals surface area contributed by atoms with Crippen molar-refractivity contribution in [3.63, 3.8) is 0 Å². The molecule has 104 valence electrons. The van der Waals surface area contributed by atoms with Crippen LogP contribution in [-0.4, -0.2) is 22.4 Å². The molecule has 1 aromatic rings. The van der Waals surface area contributed by atoms with Gasteiger partial charge in [0.2, 0.25) is 5.91 Å². The van der Waals surface area contributed by atoms with E-state index in [9.17, 15) is 4.79 Å². The van der Waals surface area contributed by atoms with Crippen molar-refractivity contribution in [3.8, 4) is 0 Å². The second-order valence-corrected chi connectivity index (χ2v) is 6.61. The number of hydrogen-bond acceptors (Lipinski definition) is 2. The molecule has 1 aromatic carbocycles. The molecule has 1 saturated heterocycles. The lowest BCUT2D eigenvalue weighted by Crippen LogP contribution is -2.45. The van der Waals surface area contributed by atoms with E-state index in [1.54, 1.807) is 0 Å². The summed E-state index contributed by atoms with van der Waals surface area (Å²) in [6.45, 7) is 10.4. The van der Waals surface area contributed by atoms with Crippen LogP contribution >= 0.6 is 0 Å². The van der Waals surface area contributed by atoms with Gasteiger partial charge in [-0.1, -0.05) is 23.8 Å². The fourth-order valence-electron chi connectivity index (χ4n) is 3.00. The Labute approximate surface area is 115 Å². The molecule has 1 fully saturated rings. The minimum absolute atomic E-state index is 0.00704. The molecule has 0 aromatic heterocycles. The third-order valence-corrected chi connectivity index (χ3v) is 3.84. The van der Waals surface area contributed by atoms with Crippen LogP contribution in [0.4, 0.5) is 0 Å². The van der Waals surface area contributed by atoms with Gasteiger partial charge in [0.05, 0.1) is 6.04 Å². The molecule has 19 heavy (non-hydrogen) atoms. The molecule has 0 spiro atoms. The Balaban J connectivity index is 2.51. The molecular formula is C16H24N2O. The summed E-state index contributed by atoms with van der Waals surface area (Å²) in [6, 6.07) is 6.25. The molecule has 2 atom stereocenters. The maximum atomic E-state index is 12.3. The summed E-state index contributed by atoms with van der Waals surface area (Å²) in [7, 11) is 0. The summed E-state index contributed by atoms with van der Waals surface area (Å²) in [5, 5.41) is 0. The predicted octanol–water partition coefficient (Wildman–Crippen LogP) is 2.70. The Kier molecular flexibility index (Phi) is 3.43. The van der Waals surface area contributed by atoms with Crippen molar-refractivity contribution in [2.75, 3.05) is 0 Å². The summed E-state index contributed by atoms with van der Waals surface area (Å²) in [5.74, 6) is 0.158. The molecule has 2 unspecified atom stereocenters. The first-order chi connectivity index (χ1) is 8.71. The topological polar surface area (TPSA) is 46.3 Å². The molecule has 0 radical (unpaired) electrons. The largest absolute Gasteiger partial charge is 0.329 e. The summed E-state index contributed by atoms with van der Waals surface area (Å²) in [4.78, 5) is 14.2. The summed E-state index contributed by atoms with van der Waals surface area (Å²) < 4.78 is 0. The van der Waals surface area contributed by atoms with Gasteiger partial charge < -0.3 is 10.6 Å². The number of aryl methyl sites for hydroxylation is 2. The van der Waals surface area contributed by atoms with E-state index in [0.717, 1.165) is 0 Å². The van der Waals surface area contributed by atoms with Gasteiger partial charge in [-0.15, -0.1) is 0 Å². The minimum atomic E-state index is -0.202. The molecule has 1 aliphatic heterocycles. The number of likely N-dealkylation sites (tertiary alicyclic amines) is 1. The number of hydrogen-bond donors (Lipinski definition) is 1. The Morgan fingerprint density at radius 1 is 1.26 bits per heavy atom. The first-order valence-electron chi connectivity index (χ1n) is 6.86. The van der Waals surface area contributed by atoms with Crippen LogP contribution in [-0.2, 0) is 4.79 Å². The fourth-order valence-corrected chi connectivity index (χ4v) is 3.00. The van der Waals surface area contributed by atoms with Crippen molar-refractivity contribution in [2.45, 2.75) is 58.7 Å². The Hall–Kier alpha value is -1.35. The van der Waals surface area contributed by atoms with Crippen molar-refractivity contribution >= 4 is 5.91 Å². The highest BCUT2D eigenvalue weighted by Gasteiger charge is 2.44. The normalized spacial score (nSPS) is 24.1. The van der Waals surface area contributed by atoms with Crippen LogP contribution in [0.3, 0.4) is 0 Å². The van der Waals surface area contributed by atoms with Gasteiger partial charge in [0.25, 0.3) is 0 Å². The second kappa shape index (κ2) is 4.64. The summed E-state index contributed by atoms with van der Waals surface area (Å²) in [5.41, 5.74) is 9.64. The van der Waals surface area contributed by atoms with Crippen molar-refractivity contribution in [1.29, 1.82) is 0 Å². The van der Waals surface area contributed by atoms with E-state index in [-0.39, 0.29) is 23.5 Å². The van der Waals surface area contributed by atoms with Crippen molar-refractivity contribution in [3.05, 3.63) is 34.9 Å². The number of nitrogens with two attached hydrogens (primary N) is 1. The first-order valence-corrected chi connectivity index (χ1v) is 6.86. The lowest BCUT2D eigenvalue weighted by Gasteiger charge is -2.39. The quantitative estimate of drug-likeness (QED) is 0.844. The van der Waals surface area contributed by atoms with E-state index in [2.05, 4.69) is 52.8 Å². The van der Waals surface area contributed by atoms with Gasteiger partial charge in [0.15, 0.2) is 0 Å². The van der Waals surface area contributed by atoms with Crippen LogP contribution in [0.1, 0.15) is 49.9 Å². The number of nitrogens with zero attached hydrogens (tertiary/aromatic N) is 1. The Morgan fingerprint density at radius 2 is 1.89 bits per heavy atom. The van der Waals surface area contributed by atoms with Gasteiger partial charge in [-0.3, -0.25) is 4.79 Å². The zero-order valence-corrected chi connectivity index (χ0v) is 12.5. The zero-order valence-electron chi connectivity index (χ0n) is 12.5. The molecule has 3 heteroatoms. The van der Waals surface area contributed by atoms with Gasteiger partial charge in [0.1, 0.15) is 0 Å². The number of carbonyl (C=O) groups excluding carboxylic acids is 1. The van der Waals surface area contributed by atoms with E-state index in [0.29, 0.717) is 6.42 Å². The van der Waals surface area contributed by atoms with E-state index in [4.69, 9.17) is 5.73 Å². The van der Waals surface area contributed by atoms with Gasteiger partial charge >= 0.3 is 0 Å². The van der Waals surface area contributed by atoms with E-state index < -0.39 is 0 Å². The van der Waals surface area contributed by atoms with Crippen LogP contribution in [0.25, 0.3) is 0 Å². The van der Waals surface area contributed by atoms with Crippen LogP contribution in [0.15, 0.2) is 18.2 Å². The monoisotopic (exact) mass is 260 g/mol. The SMILES string of the molecule is Cc1ccc(C)c(C2C(N)CC(=O)N2C(C)(C)C)c1. The van der Waals surface area contributed by atoms with Crippen molar-refractivity contribution in [1.82, 2.24) is 4.90 Å². The molecule has 2 rings (SSSR count). The van der Waals surface area contributed by atoms with Crippen molar-refractivity contribution in [2.24, 2.45) is 5.73 Å². The van der Waals surface area contributed by atoms with Crippen LogP contribution in [0.5, 0.6) is 0 Å². The average Bonchev–Trinajstić information content (AvgIpc) is 2.56. The average molecular weight is 260 g/mol. The summed E-state index contributed by atoms with van der Waals surface area (Å²) >= 11 is 0. The molecule has 2 N–H and O–H groups in total. The molecule has 0 bridgehead atoms. The van der Waals surface area contributed by atoms with Crippen LogP contribution in [0, 0.1) is 13.8 Å².